The number of carbonyl (C=O) groups is 1. The maximum atomic E-state index is 12.0. The molecule has 0 heterocycles. The SMILES string of the molecule is CC(CNC(=O)NC1CCC(O)CC1)N(C)c1ccccc1. The molecule has 3 N–H and O–H groups in total. The summed E-state index contributed by atoms with van der Waals surface area (Å²) in [5.41, 5.74) is 1.14. The van der Waals surface area contributed by atoms with Crippen LogP contribution < -0.4 is 15.5 Å². The number of hydrogen-bond donors (Lipinski definition) is 3. The lowest BCUT2D eigenvalue weighted by Crippen LogP contribution is -2.48. The summed E-state index contributed by atoms with van der Waals surface area (Å²) in [6.45, 7) is 2.68. The van der Waals surface area contributed by atoms with E-state index in [0.717, 1.165) is 31.4 Å². The minimum absolute atomic E-state index is 0.116. The maximum Gasteiger partial charge on any atom is 0.315 e. The molecule has 0 saturated heterocycles. The Morgan fingerprint density at radius 1 is 1.27 bits per heavy atom. The maximum absolute atomic E-state index is 12.0. The molecule has 2 amide bonds. The standard InChI is InChI=1S/C17H27N3O2/c1-13(20(2)15-6-4-3-5-7-15)12-18-17(22)19-14-8-10-16(21)11-9-14/h3-7,13-14,16,21H,8-12H2,1-2H3,(H2,18,19,22). The summed E-state index contributed by atoms with van der Waals surface area (Å²) >= 11 is 0. The van der Waals surface area contributed by atoms with Crippen LogP contribution in [-0.2, 0) is 0 Å². The van der Waals surface area contributed by atoms with Crippen molar-refractivity contribution in [1.82, 2.24) is 10.6 Å². The number of benzene rings is 1. The van der Waals surface area contributed by atoms with Gasteiger partial charge in [-0.2, -0.15) is 0 Å². The predicted molar refractivity (Wildman–Crippen MR) is 89.1 cm³/mol. The van der Waals surface area contributed by atoms with E-state index in [-0.39, 0.29) is 24.2 Å². The zero-order chi connectivity index (χ0) is 15.9. The van der Waals surface area contributed by atoms with Gasteiger partial charge in [0.25, 0.3) is 0 Å². The molecule has 1 aromatic rings. The van der Waals surface area contributed by atoms with E-state index in [0.29, 0.717) is 6.54 Å². The number of nitrogens with one attached hydrogen (secondary N) is 2. The molecule has 0 spiro atoms. The van der Waals surface area contributed by atoms with Crippen LogP contribution in [-0.4, -0.2) is 42.9 Å². The van der Waals surface area contributed by atoms with E-state index in [1.165, 1.54) is 0 Å². The van der Waals surface area contributed by atoms with Crippen molar-refractivity contribution in [3.05, 3.63) is 30.3 Å². The highest BCUT2D eigenvalue weighted by molar-refractivity contribution is 5.74. The molecule has 5 nitrogen and oxygen atoms in total. The summed E-state index contributed by atoms with van der Waals surface area (Å²) in [5, 5.41) is 15.4. The van der Waals surface area contributed by atoms with Crippen LogP contribution in [0.25, 0.3) is 0 Å². The van der Waals surface area contributed by atoms with Crippen molar-refractivity contribution in [2.75, 3.05) is 18.5 Å². The number of hydrogen-bond acceptors (Lipinski definition) is 3. The largest absolute Gasteiger partial charge is 0.393 e. The molecule has 0 radical (unpaired) electrons. The second kappa shape index (κ2) is 8.03. The molecule has 1 atom stereocenters. The van der Waals surface area contributed by atoms with Crippen molar-refractivity contribution in [1.29, 1.82) is 0 Å². The van der Waals surface area contributed by atoms with Gasteiger partial charge < -0.3 is 20.6 Å². The molecule has 122 valence electrons. The Kier molecular flexibility index (Phi) is 6.07. The van der Waals surface area contributed by atoms with E-state index >= 15 is 0 Å². The molecule has 1 aliphatic rings. The monoisotopic (exact) mass is 305 g/mol. The van der Waals surface area contributed by atoms with Gasteiger partial charge in [0.2, 0.25) is 0 Å². The van der Waals surface area contributed by atoms with Crippen LogP contribution in [0.2, 0.25) is 0 Å². The fourth-order valence-electron chi connectivity index (χ4n) is 2.75. The summed E-state index contributed by atoms with van der Waals surface area (Å²) in [5.74, 6) is 0. The Morgan fingerprint density at radius 3 is 2.55 bits per heavy atom. The molecule has 1 fully saturated rings. The molecular formula is C17H27N3O2. The summed E-state index contributed by atoms with van der Waals surface area (Å²) in [6, 6.07) is 10.4. The van der Waals surface area contributed by atoms with Crippen molar-refractivity contribution in [3.63, 3.8) is 0 Å². The third-order valence-corrected chi connectivity index (χ3v) is 4.41. The predicted octanol–water partition coefficient (Wildman–Crippen LogP) is 2.11. The molecular weight excluding hydrogens is 278 g/mol. The number of likely N-dealkylation sites (N-methyl/N-ethyl adjacent to an activating group) is 1. The summed E-state index contributed by atoms with van der Waals surface area (Å²) in [7, 11) is 2.03. The summed E-state index contributed by atoms with van der Waals surface area (Å²) in [4.78, 5) is 14.1. The number of rotatable bonds is 5. The Morgan fingerprint density at radius 2 is 1.91 bits per heavy atom. The Balaban J connectivity index is 1.71. The van der Waals surface area contributed by atoms with Gasteiger partial charge in [-0.1, -0.05) is 18.2 Å². The van der Waals surface area contributed by atoms with Crippen molar-refractivity contribution >= 4 is 11.7 Å². The highest BCUT2D eigenvalue weighted by atomic mass is 16.3. The van der Waals surface area contributed by atoms with E-state index in [4.69, 9.17) is 0 Å². The van der Waals surface area contributed by atoms with E-state index in [9.17, 15) is 9.90 Å². The van der Waals surface area contributed by atoms with Crippen molar-refractivity contribution in [3.8, 4) is 0 Å². The number of anilines is 1. The highest BCUT2D eigenvalue weighted by Gasteiger charge is 2.21. The van der Waals surface area contributed by atoms with Crippen LogP contribution in [0.4, 0.5) is 10.5 Å². The van der Waals surface area contributed by atoms with Gasteiger partial charge in [-0.15, -0.1) is 0 Å². The van der Waals surface area contributed by atoms with Gasteiger partial charge in [-0.05, 0) is 44.7 Å². The molecule has 1 aliphatic carbocycles. The average Bonchev–Trinajstić information content (AvgIpc) is 2.55. The van der Waals surface area contributed by atoms with Crippen LogP contribution >= 0.6 is 0 Å². The van der Waals surface area contributed by atoms with Crippen molar-refractivity contribution in [2.24, 2.45) is 0 Å². The molecule has 0 aromatic heterocycles. The average molecular weight is 305 g/mol. The summed E-state index contributed by atoms with van der Waals surface area (Å²) < 4.78 is 0. The van der Waals surface area contributed by atoms with Gasteiger partial charge >= 0.3 is 6.03 Å². The molecule has 2 rings (SSSR count). The van der Waals surface area contributed by atoms with Crippen LogP contribution in [0.1, 0.15) is 32.6 Å². The van der Waals surface area contributed by atoms with Crippen LogP contribution in [0.15, 0.2) is 30.3 Å². The van der Waals surface area contributed by atoms with E-state index in [2.05, 4.69) is 34.6 Å². The molecule has 1 saturated carbocycles. The van der Waals surface area contributed by atoms with E-state index < -0.39 is 0 Å². The lowest BCUT2D eigenvalue weighted by atomic mass is 9.93. The van der Waals surface area contributed by atoms with E-state index in [1.54, 1.807) is 0 Å². The first-order chi connectivity index (χ1) is 10.6. The minimum Gasteiger partial charge on any atom is -0.393 e. The topological polar surface area (TPSA) is 64.6 Å². The van der Waals surface area contributed by atoms with Gasteiger partial charge in [0.05, 0.1) is 6.10 Å². The normalized spacial score (nSPS) is 22.7. The highest BCUT2D eigenvalue weighted by Crippen LogP contribution is 2.18. The zero-order valence-corrected chi connectivity index (χ0v) is 13.5. The molecule has 0 aliphatic heterocycles. The third-order valence-electron chi connectivity index (χ3n) is 4.41. The van der Waals surface area contributed by atoms with Crippen molar-refractivity contribution < 1.29 is 9.90 Å². The Bertz CT molecular complexity index is 458. The third kappa shape index (κ3) is 4.91. The van der Waals surface area contributed by atoms with E-state index in [1.807, 2.05) is 25.2 Å². The molecule has 5 heteroatoms. The smallest absolute Gasteiger partial charge is 0.315 e. The van der Waals surface area contributed by atoms with Crippen LogP contribution in [0.5, 0.6) is 0 Å². The summed E-state index contributed by atoms with van der Waals surface area (Å²) in [6.07, 6.45) is 3.07. The molecule has 0 bridgehead atoms. The van der Waals surface area contributed by atoms with Gasteiger partial charge in [0.1, 0.15) is 0 Å². The number of urea groups is 1. The Labute approximate surface area is 132 Å². The Hall–Kier alpha value is -1.75. The fraction of sp³-hybridized carbons (Fsp3) is 0.588. The van der Waals surface area contributed by atoms with Crippen molar-refractivity contribution in [2.45, 2.75) is 50.8 Å². The second-order valence-electron chi connectivity index (χ2n) is 6.16. The van der Waals surface area contributed by atoms with Crippen LogP contribution in [0.3, 0.4) is 0 Å². The quantitative estimate of drug-likeness (QED) is 0.781. The van der Waals surface area contributed by atoms with Gasteiger partial charge in [-0.25, -0.2) is 4.79 Å². The van der Waals surface area contributed by atoms with Gasteiger partial charge in [0, 0.05) is 31.4 Å². The number of amides is 2. The first-order valence-electron chi connectivity index (χ1n) is 8.06. The number of aliphatic hydroxyl groups is 1. The zero-order valence-electron chi connectivity index (χ0n) is 13.5. The fourth-order valence-corrected chi connectivity index (χ4v) is 2.75. The van der Waals surface area contributed by atoms with Gasteiger partial charge in [0.15, 0.2) is 0 Å². The first kappa shape index (κ1) is 16.6. The molecule has 1 unspecified atom stereocenters. The lowest BCUT2D eigenvalue weighted by Gasteiger charge is -2.29. The first-order valence-corrected chi connectivity index (χ1v) is 8.06. The molecule has 1 aromatic carbocycles. The number of aliphatic hydroxyl groups excluding tert-OH is 1. The number of para-hydroxylation sites is 1. The lowest BCUT2D eigenvalue weighted by molar-refractivity contribution is 0.117. The van der Waals surface area contributed by atoms with Gasteiger partial charge in [-0.3, -0.25) is 0 Å². The second-order valence-corrected chi connectivity index (χ2v) is 6.16. The number of carbonyl (C=O) groups excluding carboxylic acids is 1. The minimum atomic E-state index is -0.194. The molecule has 22 heavy (non-hydrogen) atoms. The number of nitrogens with zero attached hydrogens (tertiary/aromatic N) is 1. The van der Waals surface area contributed by atoms with Crippen LogP contribution in [0, 0.1) is 0 Å².